The second kappa shape index (κ2) is 9.40. The molecular formula is C23H26FN3O4S. The second-order valence-electron chi connectivity index (χ2n) is 7.70. The minimum Gasteiger partial charge on any atom is -0.379 e. The highest BCUT2D eigenvalue weighted by Crippen LogP contribution is 2.24. The van der Waals surface area contributed by atoms with Crippen molar-refractivity contribution >= 4 is 26.8 Å². The van der Waals surface area contributed by atoms with Gasteiger partial charge in [0.25, 0.3) is 5.91 Å². The monoisotopic (exact) mass is 459 g/mol. The van der Waals surface area contributed by atoms with Crippen LogP contribution < -0.4 is 5.32 Å². The standard InChI is InChI=1S/C23H26FN3O4S/c1-2-16-3-4-17(13-22(16)32(29,30)27-9-11-31-12-10-27)23(28)25-8-7-18-15-26-21-14-19(24)5-6-20(18)21/h3-6,13-15,26H,2,7-12H2,1H3,(H,25,28). The van der Waals surface area contributed by atoms with Gasteiger partial charge in [0.15, 0.2) is 0 Å². The fourth-order valence-corrected chi connectivity index (χ4v) is 5.66. The third-order valence-electron chi connectivity index (χ3n) is 5.71. The van der Waals surface area contributed by atoms with Gasteiger partial charge in [-0.05, 0) is 54.3 Å². The number of nitrogens with one attached hydrogen (secondary N) is 2. The van der Waals surface area contributed by atoms with E-state index in [1.54, 1.807) is 24.4 Å². The van der Waals surface area contributed by atoms with Crippen molar-refractivity contribution in [3.63, 3.8) is 0 Å². The van der Waals surface area contributed by atoms with Crippen molar-refractivity contribution in [2.75, 3.05) is 32.8 Å². The lowest BCUT2D eigenvalue weighted by atomic mass is 10.1. The molecule has 170 valence electrons. The van der Waals surface area contributed by atoms with E-state index in [-0.39, 0.29) is 16.6 Å². The van der Waals surface area contributed by atoms with Gasteiger partial charge in [-0.1, -0.05) is 13.0 Å². The van der Waals surface area contributed by atoms with Crippen LogP contribution in [0.15, 0.2) is 47.5 Å². The van der Waals surface area contributed by atoms with Crippen molar-refractivity contribution in [1.82, 2.24) is 14.6 Å². The molecule has 1 fully saturated rings. The van der Waals surface area contributed by atoms with Crippen LogP contribution in [0.25, 0.3) is 10.9 Å². The first-order chi connectivity index (χ1) is 15.4. The number of aromatic nitrogens is 1. The first kappa shape index (κ1) is 22.4. The number of amides is 1. The Morgan fingerprint density at radius 3 is 2.69 bits per heavy atom. The number of H-pyrrole nitrogens is 1. The lowest BCUT2D eigenvalue weighted by Gasteiger charge is -2.27. The average Bonchev–Trinajstić information content (AvgIpc) is 3.21. The number of hydrogen-bond acceptors (Lipinski definition) is 4. The number of carbonyl (C=O) groups is 1. The molecule has 3 aromatic rings. The predicted octanol–water partition coefficient (Wildman–Crippen LogP) is 2.86. The largest absolute Gasteiger partial charge is 0.379 e. The fraction of sp³-hybridized carbons (Fsp3) is 0.348. The Hall–Kier alpha value is -2.75. The smallest absolute Gasteiger partial charge is 0.251 e. The summed E-state index contributed by atoms with van der Waals surface area (Å²) < 4.78 is 46.4. The lowest BCUT2D eigenvalue weighted by Crippen LogP contribution is -2.41. The van der Waals surface area contributed by atoms with Crippen molar-refractivity contribution in [2.45, 2.75) is 24.7 Å². The number of ether oxygens (including phenoxy) is 1. The first-order valence-electron chi connectivity index (χ1n) is 10.6. The molecule has 32 heavy (non-hydrogen) atoms. The van der Waals surface area contributed by atoms with Crippen LogP contribution >= 0.6 is 0 Å². The first-order valence-corrected chi connectivity index (χ1v) is 12.1. The number of halogens is 1. The molecule has 2 heterocycles. The molecule has 1 amide bonds. The molecular weight excluding hydrogens is 433 g/mol. The second-order valence-corrected chi connectivity index (χ2v) is 9.61. The molecule has 1 saturated heterocycles. The minimum atomic E-state index is -3.71. The molecule has 0 bridgehead atoms. The topological polar surface area (TPSA) is 91.5 Å². The molecule has 0 spiro atoms. The summed E-state index contributed by atoms with van der Waals surface area (Å²) in [5, 5.41) is 3.76. The van der Waals surface area contributed by atoms with Gasteiger partial charge in [0, 0.05) is 42.3 Å². The molecule has 2 aromatic carbocycles. The summed E-state index contributed by atoms with van der Waals surface area (Å²) in [6, 6.07) is 9.38. The van der Waals surface area contributed by atoms with E-state index in [0.29, 0.717) is 62.3 Å². The Morgan fingerprint density at radius 1 is 1.16 bits per heavy atom. The average molecular weight is 460 g/mol. The van der Waals surface area contributed by atoms with Crippen molar-refractivity contribution < 1.29 is 22.3 Å². The van der Waals surface area contributed by atoms with Gasteiger partial charge in [0.2, 0.25) is 10.0 Å². The van der Waals surface area contributed by atoms with Gasteiger partial charge in [-0.2, -0.15) is 4.31 Å². The highest BCUT2D eigenvalue weighted by Gasteiger charge is 2.29. The normalized spacial score (nSPS) is 15.2. The summed E-state index contributed by atoms with van der Waals surface area (Å²) >= 11 is 0. The molecule has 1 aliphatic heterocycles. The summed E-state index contributed by atoms with van der Waals surface area (Å²) in [6.07, 6.45) is 2.91. The Labute approximate surface area is 186 Å². The van der Waals surface area contributed by atoms with Crippen LogP contribution in [0.5, 0.6) is 0 Å². The fourth-order valence-electron chi connectivity index (χ4n) is 3.93. The maximum Gasteiger partial charge on any atom is 0.251 e. The highest BCUT2D eigenvalue weighted by molar-refractivity contribution is 7.89. The molecule has 0 atom stereocenters. The zero-order valence-electron chi connectivity index (χ0n) is 17.9. The third kappa shape index (κ3) is 4.55. The number of fused-ring (bicyclic) bond motifs is 1. The molecule has 0 saturated carbocycles. The van der Waals surface area contributed by atoms with E-state index in [0.717, 1.165) is 10.9 Å². The Morgan fingerprint density at radius 2 is 1.94 bits per heavy atom. The van der Waals surface area contributed by atoms with E-state index in [9.17, 15) is 17.6 Å². The number of aromatic amines is 1. The van der Waals surface area contributed by atoms with Crippen molar-refractivity contribution in [2.24, 2.45) is 0 Å². The van der Waals surface area contributed by atoms with Crippen LogP contribution in [0.4, 0.5) is 4.39 Å². The third-order valence-corrected chi connectivity index (χ3v) is 7.69. The number of carbonyl (C=O) groups excluding carboxylic acids is 1. The van der Waals surface area contributed by atoms with Crippen LogP contribution in [0.1, 0.15) is 28.4 Å². The molecule has 9 heteroatoms. The van der Waals surface area contributed by atoms with E-state index >= 15 is 0 Å². The highest BCUT2D eigenvalue weighted by atomic mass is 32.2. The summed E-state index contributed by atoms with van der Waals surface area (Å²) in [7, 11) is -3.71. The maximum atomic E-state index is 13.4. The SMILES string of the molecule is CCc1ccc(C(=O)NCCc2c[nH]c3cc(F)ccc23)cc1S(=O)(=O)N1CCOCC1. The molecule has 1 aliphatic rings. The maximum absolute atomic E-state index is 13.4. The predicted molar refractivity (Wildman–Crippen MR) is 120 cm³/mol. The summed E-state index contributed by atoms with van der Waals surface area (Å²) in [5.74, 6) is -0.644. The van der Waals surface area contributed by atoms with Crippen LogP contribution in [0, 0.1) is 5.82 Å². The number of benzene rings is 2. The molecule has 0 radical (unpaired) electrons. The molecule has 4 rings (SSSR count). The van der Waals surface area contributed by atoms with Gasteiger partial charge >= 0.3 is 0 Å². The van der Waals surface area contributed by atoms with Crippen molar-refractivity contribution in [1.29, 1.82) is 0 Å². The Bertz CT molecular complexity index is 1230. The van der Waals surface area contributed by atoms with Crippen LogP contribution in [0.2, 0.25) is 0 Å². The number of rotatable bonds is 7. The number of nitrogens with zero attached hydrogens (tertiary/aromatic N) is 1. The number of sulfonamides is 1. The molecule has 1 aromatic heterocycles. The summed E-state index contributed by atoms with van der Waals surface area (Å²) in [4.78, 5) is 15.9. The minimum absolute atomic E-state index is 0.174. The van der Waals surface area contributed by atoms with Crippen molar-refractivity contribution in [3.05, 3.63) is 65.1 Å². The Balaban J connectivity index is 1.48. The number of hydrogen-bond donors (Lipinski definition) is 2. The van der Waals surface area contributed by atoms with Gasteiger partial charge in [-0.15, -0.1) is 0 Å². The van der Waals surface area contributed by atoms with E-state index < -0.39 is 10.0 Å². The number of aryl methyl sites for hydroxylation is 1. The van der Waals surface area contributed by atoms with E-state index in [1.165, 1.54) is 22.5 Å². The van der Waals surface area contributed by atoms with Crippen LogP contribution in [-0.2, 0) is 27.6 Å². The van der Waals surface area contributed by atoms with Crippen LogP contribution in [-0.4, -0.2) is 56.5 Å². The number of morpholine rings is 1. The molecule has 7 nitrogen and oxygen atoms in total. The van der Waals surface area contributed by atoms with E-state index in [4.69, 9.17) is 4.74 Å². The van der Waals surface area contributed by atoms with E-state index in [1.807, 2.05) is 6.92 Å². The lowest BCUT2D eigenvalue weighted by molar-refractivity contribution is 0.0730. The van der Waals surface area contributed by atoms with Crippen LogP contribution in [0.3, 0.4) is 0 Å². The molecule has 2 N–H and O–H groups in total. The van der Waals surface area contributed by atoms with Gasteiger partial charge in [0.05, 0.1) is 18.1 Å². The summed E-state index contributed by atoms with van der Waals surface area (Å²) in [6.45, 7) is 3.58. The van der Waals surface area contributed by atoms with Gasteiger partial charge in [0.1, 0.15) is 5.82 Å². The van der Waals surface area contributed by atoms with Gasteiger partial charge in [-0.3, -0.25) is 4.79 Å². The Kier molecular flexibility index (Phi) is 6.59. The quantitative estimate of drug-likeness (QED) is 0.568. The summed E-state index contributed by atoms with van der Waals surface area (Å²) in [5.41, 5.74) is 2.66. The zero-order valence-corrected chi connectivity index (χ0v) is 18.7. The van der Waals surface area contributed by atoms with Gasteiger partial charge < -0.3 is 15.0 Å². The zero-order chi connectivity index (χ0) is 22.7. The van der Waals surface area contributed by atoms with Gasteiger partial charge in [-0.25, -0.2) is 12.8 Å². The molecule has 0 unspecified atom stereocenters. The van der Waals surface area contributed by atoms with Crippen molar-refractivity contribution in [3.8, 4) is 0 Å². The molecule has 0 aliphatic carbocycles. The van der Waals surface area contributed by atoms with E-state index in [2.05, 4.69) is 10.3 Å².